The largest absolute Gasteiger partial charge is 0.478 e. The molecule has 44 heavy (non-hydrogen) atoms. The Morgan fingerprint density at radius 2 is 1.61 bits per heavy atom. The van der Waals surface area contributed by atoms with Gasteiger partial charge in [0.2, 0.25) is 0 Å². The Kier molecular flexibility index (Phi) is 10.3. The first-order chi connectivity index (χ1) is 21.0. The van der Waals surface area contributed by atoms with Gasteiger partial charge in [0.15, 0.2) is 18.0 Å². The fourth-order valence-corrected chi connectivity index (χ4v) is 5.49. The number of quaternary nitrogens is 1. The normalized spacial score (nSPS) is 14.6. The van der Waals surface area contributed by atoms with E-state index in [-0.39, 0.29) is 40.0 Å². The van der Waals surface area contributed by atoms with Gasteiger partial charge in [-0.15, -0.1) is 0 Å². The number of likely N-dealkylation sites (N-methyl/N-ethyl adjacent to an activating group) is 2. The van der Waals surface area contributed by atoms with Crippen LogP contribution in [0.4, 0.5) is 30.6 Å². The highest BCUT2D eigenvalue weighted by atomic mass is 19.1. The van der Waals surface area contributed by atoms with E-state index in [0.29, 0.717) is 5.69 Å². The van der Waals surface area contributed by atoms with E-state index in [0.717, 1.165) is 49.1 Å². The zero-order valence-electron chi connectivity index (χ0n) is 24.5. The van der Waals surface area contributed by atoms with E-state index in [1.54, 1.807) is 31.3 Å². The monoisotopic (exact) mass is 609 g/mol. The predicted molar refractivity (Wildman–Crippen MR) is 162 cm³/mol. The summed E-state index contributed by atoms with van der Waals surface area (Å²) >= 11 is 0. The number of hydrogen-bond acceptors (Lipinski definition) is 5. The molecule has 1 atom stereocenters. The zero-order chi connectivity index (χ0) is 31.9. The molecule has 4 amide bonds. The van der Waals surface area contributed by atoms with E-state index in [4.69, 9.17) is 4.74 Å². The average molecular weight is 610 g/mol. The maximum absolute atomic E-state index is 14.3. The molecule has 0 aliphatic heterocycles. The van der Waals surface area contributed by atoms with E-state index >= 15 is 0 Å². The number of carbonyl (C=O) groups excluding carboxylic acids is 3. The maximum atomic E-state index is 14.3. The minimum atomic E-state index is -1.14. The molecule has 0 spiro atoms. The van der Waals surface area contributed by atoms with Crippen LogP contribution in [-0.2, 0) is 9.59 Å². The first-order valence-electron chi connectivity index (χ1n) is 14.2. The van der Waals surface area contributed by atoms with Crippen molar-refractivity contribution < 1.29 is 37.8 Å². The first-order valence-corrected chi connectivity index (χ1v) is 14.2. The summed E-state index contributed by atoms with van der Waals surface area (Å²) in [6.07, 6.45) is 4.37. The number of anilines is 2. The highest BCUT2D eigenvalue weighted by molar-refractivity contribution is 5.98. The molecular formula is C32H35F2N4O6+. The van der Waals surface area contributed by atoms with Crippen molar-refractivity contribution in [1.29, 1.82) is 0 Å². The van der Waals surface area contributed by atoms with Gasteiger partial charge in [-0.05, 0) is 49.2 Å². The average Bonchev–Trinajstić information content (AvgIpc) is 3.02. The number of carboxylic acid groups (broad SMARTS) is 1. The third kappa shape index (κ3) is 7.20. The van der Waals surface area contributed by atoms with Gasteiger partial charge < -0.3 is 25.4 Å². The van der Waals surface area contributed by atoms with Crippen LogP contribution in [0.3, 0.4) is 0 Å². The lowest BCUT2D eigenvalue weighted by molar-refractivity contribution is -0.130. The lowest BCUT2D eigenvalue weighted by atomic mass is 9.91. The molecule has 4 rings (SSSR count). The fraction of sp³-hybridized carbons (Fsp3) is 0.312. The van der Waals surface area contributed by atoms with Gasteiger partial charge in [0.1, 0.15) is 29.9 Å². The van der Waals surface area contributed by atoms with Crippen LogP contribution in [0.15, 0.2) is 66.7 Å². The number of para-hydroxylation sites is 3. The van der Waals surface area contributed by atoms with Crippen molar-refractivity contribution in [3.63, 3.8) is 0 Å². The third-order valence-corrected chi connectivity index (χ3v) is 7.95. The van der Waals surface area contributed by atoms with Crippen LogP contribution < -0.4 is 24.8 Å². The molecule has 10 nitrogen and oxygen atoms in total. The van der Waals surface area contributed by atoms with Crippen molar-refractivity contribution >= 4 is 40.9 Å². The summed E-state index contributed by atoms with van der Waals surface area (Å²) in [5.74, 6) is -3.70. The van der Waals surface area contributed by atoms with Gasteiger partial charge in [0.25, 0.3) is 5.91 Å². The number of hydrogen-bond donors (Lipinski definition) is 3. The standard InChI is InChI=1S/C32H34F2N4O6/c1-37(30-24(33)14-9-15-25(30)34)28(39)20-44-27-17-7-6-16-26(27)38(2,23-12-4-3-5-13-23)29(40)19-35-32(43)36-22-11-8-10-21(18-22)31(41)42/h6-11,14-18,23H,3-5,12-13,19-20H2,1-2H3,(H2-,35,36,41,42,43)/p+1. The Hall–Kier alpha value is -4.84. The van der Waals surface area contributed by atoms with E-state index < -0.39 is 41.8 Å². The van der Waals surface area contributed by atoms with Crippen molar-refractivity contribution in [1.82, 2.24) is 9.80 Å². The molecule has 1 unspecified atom stereocenters. The summed E-state index contributed by atoms with van der Waals surface area (Å²) in [5.41, 5.74) is 0.239. The highest BCUT2D eigenvalue weighted by Gasteiger charge is 2.44. The molecular weight excluding hydrogens is 574 g/mol. The van der Waals surface area contributed by atoms with Crippen LogP contribution in [0, 0.1) is 11.6 Å². The van der Waals surface area contributed by atoms with Crippen LogP contribution in [0.2, 0.25) is 0 Å². The van der Waals surface area contributed by atoms with E-state index in [2.05, 4.69) is 10.6 Å². The van der Waals surface area contributed by atoms with E-state index in [1.165, 1.54) is 37.4 Å². The number of carboxylic acids is 1. The van der Waals surface area contributed by atoms with E-state index in [1.807, 2.05) is 0 Å². The molecule has 0 heterocycles. The summed E-state index contributed by atoms with van der Waals surface area (Å²) in [6, 6.07) is 15.0. The molecule has 1 fully saturated rings. The zero-order valence-corrected chi connectivity index (χ0v) is 24.5. The highest BCUT2D eigenvalue weighted by Crippen LogP contribution is 2.39. The number of aromatic carboxylic acids is 1. The smallest absolute Gasteiger partial charge is 0.338 e. The molecule has 0 aromatic heterocycles. The summed E-state index contributed by atoms with van der Waals surface area (Å²) in [4.78, 5) is 51.6. The summed E-state index contributed by atoms with van der Waals surface area (Å²) in [7, 11) is 3.00. The second-order valence-electron chi connectivity index (χ2n) is 10.7. The fourth-order valence-electron chi connectivity index (χ4n) is 5.49. The quantitative estimate of drug-likeness (QED) is 0.267. The second kappa shape index (κ2) is 14.1. The molecule has 232 valence electrons. The lowest BCUT2D eigenvalue weighted by Crippen LogP contribution is -2.61. The molecule has 1 aliphatic rings. The number of nitrogens with one attached hydrogen (secondary N) is 2. The van der Waals surface area contributed by atoms with Gasteiger partial charge in [0, 0.05) is 31.6 Å². The van der Waals surface area contributed by atoms with Crippen molar-refractivity contribution in [3.8, 4) is 5.75 Å². The minimum Gasteiger partial charge on any atom is -0.478 e. The molecule has 1 saturated carbocycles. The number of ether oxygens (including phenoxy) is 1. The summed E-state index contributed by atoms with van der Waals surface area (Å²) in [6.45, 7) is -0.893. The SMILES string of the molecule is CN(C(=O)COc1ccccc1[N+](C)(C(=O)CNC(=O)Nc1cccc(C(=O)O)c1)C1CCCCC1)c1c(F)cccc1F. The van der Waals surface area contributed by atoms with E-state index in [9.17, 15) is 33.1 Å². The molecule has 1 aliphatic carbocycles. The minimum absolute atomic E-state index is 0.000682. The maximum Gasteiger partial charge on any atom is 0.338 e. The van der Waals surface area contributed by atoms with Crippen LogP contribution in [0.25, 0.3) is 0 Å². The summed E-state index contributed by atoms with van der Waals surface area (Å²) in [5, 5.41) is 14.3. The topological polar surface area (TPSA) is 125 Å². The molecule has 12 heteroatoms. The number of urea groups is 1. The number of nitrogens with zero attached hydrogens (tertiary/aromatic N) is 2. The number of carbonyl (C=O) groups is 4. The molecule has 3 aromatic carbocycles. The van der Waals surface area contributed by atoms with Crippen molar-refractivity contribution in [3.05, 3.63) is 83.9 Å². The first kappa shape index (κ1) is 32.1. The molecule has 0 bridgehead atoms. The number of benzene rings is 3. The van der Waals surface area contributed by atoms with Gasteiger partial charge in [-0.1, -0.05) is 30.7 Å². The second-order valence-corrected chi connectivity index (χ2v) is 10.7. The van der Waals surface area contributed by atoms with Crippen LogP contribution in [-0.4, -0.2) is 62.2 Å². The predicted octanol–water partition coefficient (Wildman–Crippen LogP) is 5.32. The van der Waals surface area contributed by atoms with Gasteiger partial charge in [-0.25, -0.2) is 27.6 Å². The van der Waals surface area contributed by atoms with Crippen molar-refractivity contribution in [2.45, 2.75) is 38.1 Å². The number of rotatable bonds is 10. The number of halogens is 2. The lowest BCUT2D eigenvalue weighted by Gasteiger charge is -2.41. The Labute approximate surface area is 253 Å². The molecule has 0 saturated heterocycles. The van der Waals surface area contributed by atoms with Crippen molar-refractivity contribution in [2.24, 2.45) is 0 Å². The summed E-state index contributed by atoms with van der Waals surface area (Å²) < 4.78 is 34.2. The molecule has 3 aromatic rings. The van der Waals surface area contributed by atoms with Crippen molar-refractivity contribution in [2.75, 3.05) is 37.5 Å². The Balaban J connectivity index is 1.53. The molecule has 3 N–H and O–H groups in total. The van der Waals surface area contributed by atoms with Crippen LogP contribution in [0.5, 0.6) is 5.75 Å². The molecule has 0 radical (unpaired) electrons. The van der Waals surface area contributed by atoms with Gasteiger partial charge in [-0.3, -0.25) is 4.79 Å². The van der Waals surface area contributed by atoms with Gasteiger partial charge in [-0.2, -0.15) is 0 Å². The Bertz CT molecular complexity index is 1520. The van der Waals surface area contributed by atoms with Crippen LogP contribution in [0.1, 0.15) is 42.5 Å². The third-order valence-electron chi connectivity index (χ3n) is 7.95. The van der Waals surface area contributed by atoms with Gasteiger partial charge >= 0.3 is 17.9 Å². The van der Waals surface area contributed by atoms with Gasteiger partial charge in [0.05, 0.1) is 12.6 Å². The number of amides is 4. The van der Waals surface area contributed by atoms with Crippen LogP contribution >= 0.6 is 0 Å². The Morgan fingerprint density at radius 3 is 2.30 bits per heavy atom. The Morgan fingerprint density at radius 1 is 0.955 bits per heavy atom.